The van der Waals surface area contributed by atoms with Crippen LogP contribution in [0.15, 0.2) is 22.7 Å². The molecule has 0 amide bonds. The van der Waals surface area contributed by atoms with Gasteiger partial charge < -0.3 is 5.73 Å². The van der Waals surface area contributed by atoms with Crippen molar-refractivity contribution < 1.29 is 12.8 Å². The highest BCUT2D eigenvalue weighted by atomic mass is 79.9. The SMILES string of the molecule is CN(C1CCS(=O)(=O)C1)C(CN)c1cc(F)ccc1Br. The highest BCUT2D eigenvalue weighted by molar-refractivity contribution is 9.10. The summed E-state index contributed by atoms with van der Waals surface area (Å²) in [5, 5.41) is 0. The summed E-state index contributed by atoms with van der Waals surface area (Å²) in [7, 11) is -1.10. The molecule has 1 aliphatic heterocycles. The lowest BCUT2D eigenvalue weighted by atomic mass is 10.0. The van der Waals surface area contributed by atoms with Gasteiger partial charge in [-0.05, 0) is 37.2 Å². The van der Waals surface area contributed by atoms with Gasteiger partial charge in [0.05, 0.1) is 11.5 Å². The van der Waals surface area contributed by atoms with E-state index >= 15 is 0 Å². The lowest BCUT2D eigenvalue weighted by Gasteiger charge is -2.32. The third-order valence-corrected chi connectivity index (χ3v) is 6.29. The number of halogens is 2. The predicted octanol–water partition coefficient (Wildman–Crippen LogP) is 1.71. The monoisotopic (exact) mass is 364 g/mol. The summed E-state index contributed by atoms with van der Waals surface area (Å²) < 4.78 is 37.4. The Balaban J connectivity index is 2.26. The number of hydrogen-bond acceptors (Lipinski definition) is 4. The number of nitrogens with zero attached hydrogens (tertiary/aromatic N) is 1. The zero-order valence-electron chi connectivity index (χ0n) is 11.2. The lowest BCUT2D eigenvalue weighted by Crippen LogP contribution is -2.39. The number of hydrogen-bond donors (Lipinski definition) is 1. The summed E-state index contributed by atoms with van der Waals surface area (Å²) in [5.41, 5.74) is 6.57. The average molecular weight is 365 g/mol. The van der Waals surface area contributed by atoms with Gasteiger partial charge >= 0.3 is 0 Å². The van der Waals surface area contributed by atoms with Gasteiger partial charge in [0.2, 0.25) is 0 Å². The quantitative estimate of drug-likeness (QED) is 0.883. The van der Waals surface area contributed by atoms with Crippen molar-refractivity contribution in [1.29, 1.82) is 0 Å². The Morgan fingerprint density at radius 1 is 1.55 bits per heavy atom. The first-order chi connectivity index (χ1) is 9.34. The largest absolute Gasteiger partial charge is 0.329 e. The first kappa shape index (κ1) is 15.9. The van der Waals surface area contributed by atoms with Crippen molar-refractivity contribution in [3.8, 4) is 0 Å². The highest BCUT2D eigenvalue weighted by Crippen LogP contribution is 2.30. The molecule has 1 saturated heterocycles. The van der Waals surface area contributed by atoms with Crippen molar-refractivity contribution in [3.63, 3.8) is 0 Å². The van der Waals surface area contributed by atoms with Crippen LogP contribution in [0.4, 0.5) is 4.39 Å². The Kier molecular flexibility index (Phi) is 4.84. The van der Waals surface area contributed by atoms with Crippen molar-refractivity contribution in [1.82, 2.24) is 4.90 Å². The Hall–Kier alpha value is -0.500. The summed E-state index contributed by atoms with van der Waals surface area (Å²) >= 11 is 3.40. The van der Waals surface area contributed by atoms with E-state index in [4.69, 9.17) is 5.73 Å². The molecule has 0 saturated carbocycles. The number of likely N-dealkylation sites (N-methyl/N-ethyl adjacent to an activating group) is 1. The molecule has 0 aromatic heterocycles. The van der Waals surface area contributed by atoms with Crippen molar-refractivity contribution >= 4 is 25.8 Å². The van der Waals surface area contributed by atoms with Crippen molar-refractivity contribution in [2.75, 3.05) is 25.1 Å². The van der Waals surface area contributed by atoms with Crippen LogP contribution in [-0.4, -0.2) is 44.5 Å². The van der Waals surface area contributed by atoms with Crippen LogP contribution >= 0.6 is 15.9 Å². The van der Waals surface area contributed by atoms with Gasteiger partial charge in [-0.15, -0.1) is 0 Å². The smallest absolute Gasteiger partial charge is 0.151 e. The Morgan fingerprint density at radius 3 is 2.80 bits per heavy atom. The minimum absolute atomic E-state index is 0.0660. The minimum Gasteiger partial charge on any atom is -0.329 e. The number of benzene rings is 1. The van der Waals surface area contributed by atoms with Crippen LogP contribution in [0.1, 0.15) is 18.0 Å². The van der Waals surface area contributed by atoms with E-state index in [0.29, 0.717) is 13.0 Å². The predicted molar refractivity (Wildman–Crippen MR) is 80.7 cm³/mol. The average Bonchev–Trinajstić information content (AvgIpc) is 2.75. The summed E-state index contributed by atoms with van der Waals surface area (Å²) in [5.74, 6) is 0.0328. The fourth-order valence-corrected chi connectivity index (χ4v) is 4.93. The van der Waals surface area contributed by atoms with Crippen molar-refractivity contribution in [2.24, 2.45) is 5.73 Å². The fourth-order valence-electron chi connectivity index (χ4n) is 2.63. The van der Waals surface area contributed by atoms with Crippen molar-refractivity contribution in [2.45, 2.75) is 18.5 Å². The van der Waals surface area contributed by atoms with Crippen LogP contribution in [0.3, 0.4) is 0 Å². The molecule has 2 rings (SSSR count). The van der Waals surface area contributed by atoms with E-state index in [0.717, 1.165) is 10.0 Å². The van der Waals surface area contributed by atoms with Gasteiger partial charge in [-0.3, -0.25) is 4.90 Å². The molecule has 4 nitrogen and oxygen atoms in total. The van der Waals surface area contributed by atoms with Gasteiger partial charge in [0.15, 0.2) is 9.84 Å². The third kappa shape index (κ3) is 3.39. The van der Waals surface area contributed by atoms with E-state index < -0.39 is 9.84 Å². The number of rotatable bonds is 4. The van der Waals surface area contributed by atoms with Gasteiger partial charge in [-0.1, -0.05) is 15.9 Å². The molecular weight excluding hydrogens is 347 g/mol. The van der Waals surface area contributed by atoms with Crippen LogP contribution in [0.2, 0.25) is 0 Å². The molecule has 0 aliphatic carbocycles. The molecule has 1 aliphatic rings. The Morgan fingerprint density at radius 2 is 2.25 bits per heavy atom. The fraction of sp³-hybridized carbons (Fsp3) is 0.538. The Bertz CT molecular complexity index is 594. The third-order valence-electron chi connectivity index (χ3n) is 3.82. The molecule has 2 N–H and O–H groups in total. The molecule has 0 bridgehead atoms. The molecule has 1 aromatic carbocycles. The summed E-state index contributed by atoms with van der Waals surface area (Å²) in [6.45, 7) is 0.301. The zero-order chi connectivity index (χ0) is 14.9. The molecule has 7 heteroatoms. The molecule has 1 heterocycles. The van der Waals surface area contributed by atoms with Gasteiger partial charge in [-0.2, -0.15) is 0 Å². The van der Waals surface area contributed by atoms with Gasteiger partial charge in [0, 0.05) is 23.1 Å². The van der Waals surface area contributed by atoms with Crippen LogP contribution in [0.25, 0.3) is 0 Å². The first-order valence-electron chi connectivity index (χ1n) is 6.41. The topological polar surface area (TPSA) is 63.4 Å². The van der Waals surface area contributed by atoms with Crippen LogP contribution in [0.5, 0.6) is 0 Å². The molecule has 20 heavy (non-hydrogen) atoms. The maximum absolute atomic E-state index is 13.4. The second-order valence-electron chi connectivity index (χ2n) is 5.14. The lowest BCUT2D eigenvalue weighted by molar-refractivity contribution is 0.191. The van der Waals surface area contributed by atoms with E-state index in [1.54, 1.807) is 6.07 Å². The summed E-state index contributed by atoms with van der Waals surface area (Å²) in [6.07, 6.45) is 0.599. The second kappa shape index (κ2) is 6.09. The number of sulfone groups is 1. The summed E-state index contributed by atoms with van der Waals surface area (Å²) in [6, 6.07) is 4.19. The molecular formula is C13H18BrFN2O2S. The van der Waals surface area contributed by atoms with Crippen LogP contribution < -0.4 is 5.73 Å². The normalized spacial score (nSPS) is 23.1. The van der Waals surface area contributed by atoms with E-state index in [1.807, 2.05) is 11.9 Å². The maximum atomic E-state index is 13.4. The molecule has 0 radical (unpaired) electrons. The molecule has 1 aromatic rings. The highest BCUT2D eigenvalue weighted by Gasteiger charge is 2.34. The molecule has 2 unspecified atom stereocenters. The standard InChI is InChI=1S/C13H18BrFN2O2S/c1-17(10-4-5-20(18,19)8-10)13(7-16)11-6-9(15)2-3-12(11)14/h2-3,6,10,13H,4-5,7-8,16H2,1H3. The number of nitrogens with two attached hydrogens (primary N) is 1. The van der Waals surface area contributed by atoms with E-state index in [-0.39, 0.29) is 29.4 Å². The van der Waals surface area contributed by atoms with E-state index in [9.17, 15) is 12.8 Å². The molecule has 112 valence electrons. The van der Waals surface area contributed by atoms with Gasteiger partial charge in [0.1, 0.15) is 5.82 Å². The Labute approximate surface area is 127 Å². The van der Waals surface area contributed by atoms with E-state index in [2.05, 4.69) is 15.9 Å². The molecule has 2 atom stereocenters. The summed E-state index contributed by atoms with van der Waals surface area (Å²) in [4.78, 5) is 1.95. The molecule has 1 fully saturated rings. The van der Waals surface area contributed by atoms with E-state index in [1.165, 1.54) is 12.1 Å². The first-order valence-corrected chi connectivity index (χ1v) is 9.03. The van der Waals surface area contributed by atoms with Gasteiger partial charge in [-0.25, -0.2) is 12.8 Å². The molecule has 0 spiro atoms. The zero-order valence-corrected chi connectivity index (χ0v) is 13.6. The van der Waals surface area contributed by atoms with Crippen LogP contribution in [-0.2, 0) is 9.84 Å². The van der Waals surface area contributed by atoms with Crippen molar-refractivity contribution in [3.05, 3.63) is 34.1 Å². The van der Waals surface area contributed by atoms with Gasteiger partial charge in [0.25, 0.3) is 0 Å². The van der Waals surface area contributed by atoms with Crippen LogP contribution in [0, 0.1) is 5.82 Å². The minimum atomic E-state index is -2.95. The second-order valence-corrected chi connectivity index (χ2v) is 8.22. The maximum Gasteiger partial charge on any atom is 0.151 e.